The molecule has 118 valence electrons. The van der Waals surface area contributed by atoms with E-state index in [1.165, 1.54) is 27.1 Å². The topological polar surface area (TPSA) is 35.1 Å². The number of hydrogen-bond acceptors (Lipinski definition) is 2. The van der Waals surface area contributed by atoms with Crippen LogP contribution in [-0.2, 0) is 7.05 Å². The summed E-state index contributed by atoms with van der Waals surface area (Å²) in [7, 11) is 2.04. The van der Waals surface area contributed by atoms with Crippen molar-refractivity contribution in [1.29, 1.82) is 0 Å². The molecule has 0 aliphatic carbocycles. The van der Waals surface area contributed by atoms with Gasteiger partial charge in [0.05, 0.1) is 22.9 Å². The summed E-state index contributed by atoms with van der Waals surface area (Å²) in [5.74, 6) is 0. The Balaban J connectivity index is 2.04. The van der Waals surface area contributed by atoms with Crippen molar-refractivity contribution in [3.8, 4) is 0 Å². The number of nitrogens with zero attached hydrogens (tertiary/aromatic N) is 4. The summed E-state index contributed by atoms with van der Waals surface area (Å²) in [6.45, 7) is 0. The van der Waals surface area contributed by atoms with E-state index in [0.717, 1.165) is 22.1 Å². The van der Waals surface area contributed by atoms with Gasteiger partial charge < -0.3 is 4.57 Å². The molecule has 4 aromatic heterocycles. The molecule has 2 aromatic carbocycles. The maximum Gasteiger partial charge on any atom is 0.145 e. The van der Waals surface area contributed by atoms with Gasteiger partial charge in [-0.2, -0.15) is 0 Å². The molecule has 0 saturated carbocycles. The predicted octanol–water partition coefficient (Wildman–Crippen LogP) is 4.68. The van der Waals surface area contributed by atoms with Crippen LogP contribution in [0.25, 0.3) is 49.1 Å². The van der Waals surface area contributed by atoms with Crippen LogP contribution < -0.4 is 0 Å². The SMILES string of the molecule is Cn1cnc2cc3c4cccnc4n4cc5ccccc5c4c3cc21. The van der Waals surface area contributed by atoms with Crippen LogP contribution in [0.2, 0.25) is 0 Å². The van der Waals surface area contributed by atoms with E-state index in [1.807, 2.05) is 25.6 Å². The summed E-state index contributed by atoms with van der Waals surface area (Å²) in [5.41, 5.74) is 4.35. The van der Waals surface area contributed by atoms with Gasteiger partial charge in [0.2, 0.25) is 0 Å². The maximum atomic E-state index is 4.68. The molecule has 6 rings (SSSR count). The lowest BCUT2D eigenvalue weighted by molar-refractivity contribution is 0.948. The van der Waals surface area contributed by atoms with Crippen LogP contribution in [0.4, 0.5) is 0 Å². The first-order valence-electron chi connectivity index (χ1n) is 8.32. The molecule has 0 fully saturated rings. The van der Waals surface area contributed by atoms with Crippen LogP contribution in [0.1, 0.15) is 0 Å². The molecule has 0 saturated heterocycles. The highest BCUT2D eigenvalue weighted by molar-refractivity contribution is 6.21. The zero-order chi connectivity index (χ0) is 16.5. The van der Waals surface area contributed by atoms with Crippen LogP contribution in [0, 0.1) is 0 Å². The van der Waals surface area contributed by atoms with Gasteiger partial charge in [-0.15, -0.1) is 0 Å². The molecule has 0 atom stereocenters. The van der Waals surface area contributed by atoms with E-state index in [1.54, 1.807) is 0 Å². The molecule has 0 amide bonds. The summed E-state index contributed by atoms with van der Waals surface area (Å²) in [5, 5.41) is 6.06. The molecular formula is C21H14N4. The first kappa shape index (κ1) is 13.0. The van der Waals surface area contributed by atoms with Crippen LogP contribution in [0.5, 0.6) is 0 Å². The first-order valence-corrected chi connectivity index (χ1v) is 8.32. The van der Waals surface area contributed by atoms with E-state index < -0.39 is 0 Å². The number of imidazole rings is 1. The molecule has 4 nitrogen and oxygen atoms in total. The van der Waals surface area contributed by atoms with E-state index in [-0.39, 0.29) is 0 Å². The minimum Gasteiger partial charge on any atom is -0.334 e. The highest BCUT2D eigenvalue weighted by Crippen LogP contribution is 2.35. The molecule has 4 heterocycles. The molecule has 0 aliphatic rings. The molecular weight excluding hydrogens is 308 g/mol. The summed E-state index contributed by atoms with van der Waals surface area (Å²) in [6, 6.07) is 17.1. The zero-order valence-corrected chi connectivity index (χ0v) is 13.6. The Hall–Kier alpha value is -3.40. The van der Waals surface area contributed by atoms with Crippen molar-refractivity contribution in [1.82, 2.24) is 18.9 Å². The number of benzene rings is 2. The van der Waals surface area contributed by atoms with Crippen molar-refractivity contribution < 1.29 is 0 Å². The van der Waals surface area contributed by atoms with E-state index in [9.17, 15) is 0 Å². The molecule has 0 bridgehead atoms. The molecule has 0 unspecified atom stereocenters. The van der Waals surface area contributed by atoms with Crippen LogP contribution in [0.3, 0.4) is 0 Å². The molecule has 25 heavy (non-hydrogen) atoms. The second-order valence-electron chi connectivity index (χ2n) is 6.55. The molecule has 4 heteroatoms. The molecule has 6 aromatic rings. The summed E-state index contributed by atoms with van der Waals surface area (Å²) in [6.07, 6.45) is 5.92. The summed E-state index contributed by atoms with van der Waals surface area (Å²) >= 11 is 0. The Bertz CT molecular complexity index is 1450. The van der Waals surface area contributed by atoms with Crippen molar-refractivity contribution in [3.05, 3.63) is 67.3 Å². The summed E-state index contributed by atoms with van der Waals surface area (Å²) in [4.78, 5) is 9.22. The van der Waals surface area contributed by atoms with Crippen LogP contribution in [-0.4, -0.2) is 18.9 Å². The van der Waals surface area contributed by atoms with Gasteiger partial charge >= 0.3 is 0 Å². The first-order chi connectivity index (χ1) is 12.3. The third kappa shape index (κ3) is 1.56. The lowest BCUT2D eigenvalue weighted by Gasteiger charge is -2.09. The van der Waals surface area contributed by atoms with Crippen molar-refractivity contribution in [3.63, 3.8) is 0 Å². The quantitative estimate of drug-likeness (QED) is 0.381. The highest BCUT2D eigenvalue weighted by Gasteiger charge is 2.14. The smallest absolute Gasteiger partial charge is 0.145 e. The lowest BCUT2D eigenvalue weighted by atomic mass is 10.0. The van der Waals surface area contributed by atoms with Crippen LogP contribution in [0.15, 0.2) is 67.3 Å². The van der Waals surface area contributed by atoms with E-state index in [4.69, 9.17) is 0 Å². The fourth-order valence-corrected chi connectivity index (χ4v) is 3.99. The molecule has 0 N–H and O–H groups in total. The highest BCUT2D eigenvalue weighted by atomic mass is 15.0. The predicted molar refractivity (Wildman–Crippen MR) is 102 cm³/mol. The molecule has 0 aliphatic heterocycles. The Kier molecular flexibility index (Phi) is 2.26. The number of aryl methyl sites for hydroxylation is 1. The molecule has 0 radical (unpaired) electrons. The van der Waals surface area contributed by atoms with Crippen molar-refractivity contribution in [2.24, 2.45) is 7.05 Å². The standard InChI is InChI=1S/C21H14N4/c1-24-12-23-18-9-16-15-7-4-8-22-21(15)25-11-13-5-2-3-6-14(13)20(25)17(16)10-19(18)24/h2-12H,1H3. The zero-order valence-electron chi connectivity index (χ0n) is 13.6. The van der Waals surface area contributed by atoms with Gasteiger partial charge in [0.25, 0.3) is 0 Å². The van der Waals surface area contributed by atoms with Gasteiger partial charge in [0, 0.05) is 41.0 Å². The van der Waals surface area contributed by atoms with E-state index >= 15 is 0 Å². The number of hydrogen-bond donors (Lipinski definition) is 0. The van der Waals surface area contributed by atoms with Crippen molar-refractivity contribution in [2.75, 3.05) is 0 Å². The monoisotopic (exact) mass is 322 g/mol. The fourth-order valence-electron chi connectivity index (χ4n) is 3.99. The van der Waals surface area contributed by atoms with Gasteiger partial charge in [-0.25, -0.2) is 9.97 Å². The minimum absolute atomic E-state index is 0.983. The second kappa shape index (κ2) is 4.36. The minimum atomic E-state index is 0.983. The largest absolute Gasteiger partial charge is 0.334 e. The third-order valence-corrected chi connectivity index (χ3v) is 5.15. The third-order valence-electron chi connectivity index (χ3n) is 5.15. The fraction of sp³-hybridized carbons (Fsp3) is 0.0476. The van der Waals surface area contributed by atoms with E-state index in [0.29, 0.717) is 0 Å². The average molecular weight is 322 g/mol. The van der Waals surface area contributed by atoms with Gasteiger partial charge in [-0.3, -0.25) is 4.40 Å². The number of rotatable bonds is 0. The Morgan fingerprint density at radius 3 is 2.68 bits per heavy atom. The number of aromatic nitrogens is 4. The maximum absolute atomic E-state index is 4.68. The Labute approximate surface area is 142 Å². The van der Waals surface area contributed by atoms with Crippen molar-refractivity contribution >= 4 is 49.1 Å². The van der Waals surface area contributed by atoms with Gasteiger partial charge in [-0.05, 0) is 29.7 Å². The van der Waals surface area contributed by atoms with Crippen molar-refractivity contribution in [2.45, 2.75) is 0 Å². The van der Waals surface area contributed by atoms with Gasteiger partial charge in [0.1, 0.15) is 5.65 Å². The summed E-state index contributed by atoms with van der Waals surface area (Å²) < 4.78 is 4.30. The number of fused-ring (bicyclic) bond motifs is 9. The molecule has 0 spiro atoms. The normalized spacial score (nSPS) is 12.2. The Morgan fingerprint density at radius 1 is 0.840 bits per heavy atom. The van der Waals surface area contributed by atoms with Crippen LogP contribution >= 0.6 is 0 Å². The van der Waals surface area contributed by atoms with Gasteiger partial charge in [0.15, 0.2) is 0 Å². The van der Waals surface area contributed by atoms with Gasteiger partial charge in [-0.1, -0.05) is 24.3 Å². The number of pyridine rings is 2. The Morgan fingerprint density at radius 2 is 1.72 bits per heavy atom. The lowest BCUT2D eigenvalue weighted by Crippen LogP contribution is -1.93. The second-order valence-corrected chi connectivity index (χ2v) is 6.55. The van der Waals surface area contributed by atoms with E-state index in [2.05, 4.69) is 67.6 Å². The average Bonchev–Trinajstić information content (AvgIpc) is 3.22.